The number of hydrogen-bond acceptors (Lipinski definition) is 3. The molecule has 0 spiro atoms. The second-order valence-corrected chi connectivity index (χ2v) is 10.00. The Bertz CT molecular complexity index is 1500. The molecule has 0 aromatic heterocycles. The molecule has 4 aromatic carbocycles. The number of rotatable bonds is 6. The van der Waals surface area contributed by atoms with Crippen molar-refractivity contribution in [3.63, 3.8) is 0 Å². The highest BCUT2D eigenvalue weighted by Gasteiger charge is 2.33. The number of carbonyl (C=O) groups excluding carboxylic acids is 2. The predicted octanol–water partition coefficient (Wildman–Crippen LogP) is 7.18. The molecule has 0 atom stereocenters. The van der Waals surface area contributed by atoms with Crippen LogP contribution in [0.5, 0.6) is 5.75 Å². The van der Waals surface area contributed by atoms with E-state index in [-0.39, 0.29) is 18.1 Å². The maximum atomic E-state index is 13.2. The Morgan fingerprint density at radius 3 is 2.25 bits per heavy atom. The number of hydrogen-bond donors (Lipinski definition) is 1. The number of carbonyl (C=O) groups is 2. The molecule has 4 aromatic rings. The van der Waals surface area contributed by atoms with Crippen LogP contribution in [-0.2, 0) is 17.9 Å². The smallest absolute Gasteiger partial charge is 0.329 e. The van der Waals surface area contributed by atoms with Crippen LogP contribution in [0.2, 0.25) is 0 Å². The summed E-state index contributed by atoms with van der Waals surface area (Å²) in [7, 11) is 0. The number of urea groups is 1. The summed E-state index contributed by atoms with van der Waals surface area (Å²) in [5, 5.41) is 4.93. The summed E-state index contributed by atoms with van der Waals surface area (Å²) in [6.07, 6.45) is 1.60. The molecule has 180 valence electrons. The number of ether oxygens (including phenoxy) is 1. The molecule has 1 aliphatic rings. The first-order valence-corrected chi connectivity index (χ1v) is 12.6. The average molecular weight is 610 g/mol. The van der Waals surface area contributed by atoms with E-state index in [0.717, 1.165) is 15.8 Å². The van der Waals surface area contributed by atoms with Crippen LogP contribution in [-0.4, -0.2) is 16.8 Å². The number of amides is 3. The lowest BCUT2D eigenvalue weighted by molar-refractivity contribution is -0.123. The van der Waals surface area contributed by atoms with Gasteiger partial charge in [-0.05, 0) is 95.7 Å². The van der Waals surface area contributed by atoms with Gasteiger partial charge in [0.1, 0.15) is 23.9 Å². The van der Waals surface area contributed by atoms with Gasteiger partial charge in [-0.1, -0.05) is 48.5 Å². The minimum atomic E-state index is -0.524. The first-order chi connectivity index (χ1) is 17.4. The van der Waals surface area contributed by atoms with E-state index in [0.29, 0.717) is 32.4 Å². The van der Waals surface area contributed by atoms with Crippen molar-refractivity contribution >= 4 is 60.6 Å². The van der Waals surface area contributed by atoms with Gasteiger partial charge in [-0.25, -0.2) is 9.18 Å². The van der Waals surface area contributed by atoms with Crippen molar-refractivity contribution in [2.24, 2.45) is 0 Å². The van der Waals surface area contributed by atoms with Gasteiger partial charge in [-0.3, -0.25) is 9.69 Å². The molecule has 0 bridgehead atoms. The third kappa shape index (κ3) is 5.20. The van der Waals surface area contributed by atoms with Crippen molar-refractivity contribution in [3.8, 4) is 5.75 Å². The molecular weight excluding hydrogens is 591 g/mol. The average Bonchev–Trinajstić information content (AvgIpc) is 3.12. The maximum Gasteiger partial charge on any atom is 0.329 e. The molecule has 0 aliphatic carbocycles. The highest BCUT2D eigenvalue weighted by atomic mass is 79.9. The standard InChI is InChI=1S/C28H19Br2FN2O3/c29-23-12-19(14-25-27(34)33(28(35)32-25)15-17-6-9-22(31)10-7-17)13-24(30)26(23)36-16-18-5-8-20-3-1-2-4-21(20)11-18/h1-14H,15-16H2,(H,32,35)/b25-14+. The van der Waals surface area contributed by atoms with Crippen molar-refractivity contribution in [1.29, 1.82) is 0 Å². The Hall–Kier alpha value is -3.49. The number of fused-ring (bicyclic) bond motifs is 1. The van der Waals surface area contributed by atoms with Gasteiger partial charge in [-0.15, -0.1) is 0 Å². The van der Waals surface area contributed by atoms with Crippen LogP contribution < -0.4 is 10.1 Å². The second kappa shape index (κ2) is 10.2. The molecule has 0 radical (unpaired) electrons. The third-order valence-electron chi connectivity index (χ3n) is 5.74. The Morgan fingerprint density at radius 1 is 0.861 bits per heavy atom. The van der Waals surface area contributed by atoms with E-state index in [2.05, 4.69) is 61.4 Å². The minimum absolute atomic E-state index is 0.0528. The van der Waals surface area contributed by atoms with Gasteiger partial charge in [0.25, 0.3) is 5.91 Å². The summed E-state index contributed by atoms with van der Waals surface area (Å²) >= 11 is 7.10. The Morgan fingerprint density at radius 2 is 1.53 bits per heavy atom. The van der Waals surface area contributed by atoms with E-state index in [9.17, 15) is 14.0 Å². The molecule has 5 nitrogen and oxygen atoms in total. The number of nitrogens with one attached hydrogen (secondary N) is 1. The molecular formula is C28H19Br2FN2O3. The van der Waals surface area contributed by atoms with Crippen LogP contribution in [0.4, 0.5) is 9.18 Å². The molecule has 1 heterocycles. The molecule has 1 aliphatic heterocycles. The number of halogens is 3. The Balaban J connectivity index is 1.31. The van der Waals surface area contributed by atoms with E-state index in [1.165, 1.54) is 17.5 Å². The molecule has 1 saturated heterocycles. The minimum Gasteiger partial charge on any atom is -0.487 e. The van der Waals surface area contributed by atoms with Crippen molar-refractivity contribution in [2.75, 3.05) is 0 Å². The third-order valence-corrected chi connectivity index (χ3v) is 6.92. The zero-order valence-electron chi connectivity index (χ0n) is 18.8. The molecule has 5 rings (SSSR count). The quantitative estimate of drug-likeness (QED) is 0.186. The van der Waals surface area contributed by atoms with Gasteiger partial charge in [0.2, 0.25) is 0 Å². The predicted molar refractivity (Wildman–Crippen MR) is 144 cm³/mol. The lowest BCUT2D eigenvalue weighted by Gasteiger charge is -2.12. The fourth-order valence-electron chi connectivity index (χ4n) is 3.94. The molecule has 8 heteroatoms. The van der Waals surface area contributed by atoms with Gasteiger partial charge in [0.05, 0.1) is 15.5 Å². The molecule has 0 unspecified atom stereocenters. The van der Waals surface area contributed by atoms with Crippen molar-refractivity contribution in [3.05, 3.63) is 116 Å². The van der Waals surface area contributed by atoms with Crippen LogP contribution >= 0.6 is 31.9 Å². The van der Waals surface area contributed by atoms with Crippen LogP contribution in [0.15, 0.2) is 93.5 Å². The summed E-state index contributed by atoms with van der Waals surface area (Å²) in [5.41, 5.74) is 2.54. The second-order valence-electron chi connectivity index (χ2n) is 8.29. The summed E-state index contributed by atoms with van der Waals surface area (Å²) < 4.78 is 20.6. The first kappa shape index (κ1) is 24.2. The molecule has 3 amide bonds. The fourth-order valence-corrected chi connectivity index (χ4v) is 5.39. The Labute approximate surface area is 223 Å². The summed E-state index contributed by atoms with van der Waals surface area (Å²) in [4.78, 5) is 26.3. The number of benzene rings is 4. The zero-order valence-corrected chi connectivity index (χ0v) is 22.0. The van der Waals surface area contributed by atoms with Gasteiger partial charge in [0, 0.05) is 0 Å². The first-order valence-electron chi connectivity index (χ1n) is 11.1. The fraction of sp³-hybridized carbons (Fsp3) is 0.0714. The van der Waals surface area contributed by atoms with Gasteiger partial charge >= 0.3 is 6.03 Å². The van der Waals surface area contributed by atoms with Crippen LogP contribution in [0, 0.1) is 5.82 Å². The summed E-state index contributed by atoms with van der Waals surface area (Å²) in [6.45, 7) is 0.437. The van der Waals surface area contributed by atoms with Crippen molar-refractivity contribution in [1.82, 2.24) is 10.2 Å². The van der Waals surface area contributed by atoms with E-state index in [1.807, 2.05) is 30.3 Å². The monoisotopic (exact) mass is 608 g/mol. The van der Waals surface area contributed by atoms with E-state index >= 15 is 0 Å². The van der Waals surface area contributed by atoms with Crippen LogP contribution in [0.25, 0.3) is 16.8 Å². The number of imide groups is 1. The maximum absolute atomic E-state index is 13.2. The molecule has 0 saturated carbocycles. The SMILES string of the molecule is O=C1N/C(=C/c2cc(Br)c(OCc3ccc4ccccc4c3)c(Br)c2)C(=O)N1Cc1ccc(F)cc1. The molecule has 1 N–H and O–H groups in total. The van der Waals surface area contributed by atoms with E-state index in [1.54, 1.807) is 18.2 Å². The van der Waals surface area contributed by atoms with Crippen LogP contribution in [0.3, 0.4) is 0 Å². The van der Waals surface area contributed by atoms with Crippen molar-refractivity contribution in [2.45, 2.75) is 13.2 Å². The molecule has 1 fully saturated rings. The van der Waals surface area contributed by atoms with Gasteiger partial charge < -0.3 is 10.1 Å². The Kier molecular flexibility index (Phi) is 6.89. The normalized spacial score (nSPS) is 14.5. The lowest BCUT2D eigenvalue weighted by Crippen LogP contribution is -2.30. The topological polar surface area (TPSA) is 58.6 Å². The number of nitrogens with zero attached hydrogens (tertiary/aromatic N) is 1. The van der Waals surface area contributed by atoms with Gasteiger partial charge in [-0.2, -0.15) is 0 Å². The largest absolute Gasteiger partial charge is 0.487 e. The highest BCUT2D eigenvalue weighted by Crippen LogP contribution is 2.36. The van der Waals surface area contributed by atoms with Crippen LogP contribution in [0.1, 0.15) is 16.7 Å². The van der Waals surface area contributed by atoms with E-state index < -0.39 is 11.9 Å². The highest BCUT2D eigenvalue weighted by molar-refractivity contribution is 9.11. The molecule has 36 heavy (non-hydrogen) atoms. The van der Waals surface area contributed by atoms with Crippen molar-refractivity contribution < 1.29 is 18.7 Å². The lowest BCUT2D eigenvalue weighted by atomic mass is 10.1. The summed E-state index contributed by atoms with van der Waals surface area (Å²) in [6, 6.07) is 23.1. The van der Waals surface area contributed by atoms with Gasteiger partial charge in [0.15, 0.2) is 0 Å². The zero-order chi connectivity index (χ0) is 25.2. The summed E-state index contributed by atoms with van der Waals surface area (Å²) in [5.74, 6) is -0.199. The van der Waals surface area contributed by atoms with E-state index in [4.69, 9.17) is 4.74 Å².